The van der Waals surface area contributed by atoms with E-state index in [0.717, 1.165) is 12.5 Å². The zero-order valence-corrected chi connectivity index (χ0v) is 10.2. The summed E-state index contributed by atoms with van der Waals surface area (Å²) in [6.07, 6.45) is 2.49. The molecule has 0 saturated carbocycles. The molecule has 0 aliphatic rings. The summed E-state index contributed by atoms with van der Waals surface area (Å²) in [7, 11) is 0. The van der Waals surface area contributed by atoms with Gasteiger partial charge in [-0.05, 0) is 30.3 Å². The van der Waals surface area contributed by atoms with Crippen molar-refractivity contribution in [1.29, 1.82) is 0 Å². The molecule has 0 aliphatic carbocycles. The van der Waals surface area contributed by atoms with Crippen LogP contribution in [0.25, 0.3) is 0 Å². The second-order valence-corrected chi connectivity index (χ2v) is 5.14. The average Bonchev–Trinajstić information content (AvgIpc) is 2.64. The molecule has 0 bridgehead atoms. The van der Waals surface area contributed by atoms with Crippen molar-refractivity contribution < 1.29 is 0 Å². The molecular formula is C12H21NS. The smallest absolute Gasteiger partial charge is 0.0414 e. The van der Waals surface area contributed by atoms with Crippen molar-refractivity contribution in [1.82, 2.24) is 5.32 Å². The van der Waals surface area contributed by atoms with Gasteiger partial charge < -0.3 is 5.32 Å². The fraction of sp³-hybridized carbons (Fsp3) is 0.667. The maximum Gasteiger partial charge on any atom is 0.0414 e. The Bertz CT molecular complexity index is 228. The first-order chi connectivity index (χ1) is 6.74. The molecule has 1 atom stereocenters. The number of nitrogens with one attached hydrogen (secondary N) is 1. The predicted octanol–water partition coefficient (Wildman–Crippen LogP) is 3.83. The molecular weight excluding hydrogens is 190 g/mol. The Kier molecular flexibility index (Phi) is 5.20. The quantitative estimate of drug-likeness (QED) is 0.754. The zero-order valence-electron chi connectivity index (χ0n) is 9.42. The first-order valence-electron chi connectivity index (χ1n) is 5.50. The second kappa shape index (κ2) is 6.20. The van der Waals surface area contributed by atoms with Gasteiger partial charge in [-0.3, -0.25) is 0 Å². The Morgan fingerprint density at radius 3 is 2.71 bits per heavy atom. The van der Waals surface area contributed by atoms with Crippen LogP contribution in [0.2, 0.25) is 0 Å². The molecule has 0 saturated heterocycles. The summed E-state index contributed by atoms with van der Waals surface area (Å²) < 4.78 is 0. The standard InChI is InChI=1S/C12H21NS/c1-4-6-11(13-9-10(2)3)12-7-5-8-14-12/h5,7-8,10-11,13H,4,6,9H2,1-3H3. The van der Waals surface area contributed by atoms with Gasteiger partial charge >= 0.3 is 0 Å². The highest BCUT2D eigenvalue weighted by Gasteiger charge is 2.10. The summed E-state index contributed by atoms with van der Waals surface area (Å²) in [6, 6.07) is 4.94. The monoisotopic (exact) mass is 211 g/mol. The molecule has 1 aromatic heterocycles. The minimum absolute atomic E-state index is 0.572. The van der Waals surface area contributed by atoms with Crippen LogP contribution in [0.3, 0.4) is 0 Å². The summed E-state index contributed by atoms with van der Waals surface area (Å²) in [5.41, 5.74) is 0. The van der Waals surface area contributed by atoms with Gasteiger partial charge in [0, 0.05) is 10.9 Å². The molecule has 0 radical (unpaired) electrons. The van der Waals surface area contributed by atoms with E-state index in [1.54, 1.807) is 0 Å². The Hall–Kier alpha value is -0.340. The van der Waals surface area contributed by atoms with Crippen molar-refractivity contribution in [3.05, 3.63) is 22.4 Å². The number of hydrogen-bond acceptors (Lipinski definition) is 2. The lowest BCUT2D eigenvalue weighted by Crippen LogP contribution is -2.24. The first kappa shape index (κ1) is 11.7. The van der Waals surface area contributed by atoms with Crippen molar-refractivity contribution in [3.8, 4) is 0 Å². The van der Waals surface area contributed by atoms with Crippen LogP contribution in [0.1, 0.15) is 44.5 Å². The molecule has 2 heteroatoms. The van der Waals surface area contributed by atoms with Crippen LogP contribution in [-0.2, 0) is 0 Å². The fourth-order valence-electron chi connectivity index (χ4n) is 1.50. The van der Waals surface area contributed by atoms with Crippen molar-refractivity contribution >= 4 is 11.3 Å². The van der Waals surface area contributed by atoms with E-state index in [1.807, 2.05) is 11.3 Å². The van der Waals surface area contributed by atoms with Crippen molar-refractivity contribution in [2.75, 3.05) is 6.54 Å². The third kappa shape index (κ3) is 3.81. The minimum atomic E-state index is 0.572. The maximum absolute atomic E-state index is 3.63. The van der Waals surface area contributed by atoms with Gasteiger partial charge in [0.1, 0.15) is 0 Å². The van der Waals surface area contributed by atoms with Crippen LogP contribution in [0, 0.1) is 5.92 Å². The molecule has 1 rings (SSSR count). The van der Waals surface area contributed by atoms with Crippen LogP contribution in [0.4, 0.5) is 0 Å². The van der Waals surface area contributed by atoms with E-state index < -0.39 is 0 Å². The minimum Gasteiger partial charge on any atom is -0.309 e. The molecule has 0 amide bonds. The van der Waals surface area contributed by atoms with Gasteiger partial charge in [0.05, 0.1) is 0 Å². The molecule has 80 valence electrons. The van der Waals surface area contributed by atoms with E-state index in [4.69, 9.17) is 0 Å². The van der Waals surface area contributed by atoms with E-state index in [2.05, 4.69) is 43.6 Å². The lowest BCUT2D eigenvalue weighted by Gasteiger charge is -2.18. The third-order valence-corrected chi connectivity index (χ3v) is 3.22. The second-order valence-electron chi connectivity index (χ2n) is 4.16. The van der Waals surface area contributed by atoms with E-state index >= 15 is 0 Å². The van der Waals surface area contributed by atoms with Gasteiger partial charge in [-0.25, -0.2) is 0 Å². The van der Waals surface area contributed by atoms with E-state index in [-0.39, 0.29) is 0 Å². The zero-order chi connectivity index (χ0) is 10.4. The third-order valence-electron chi connectivity index (χ3n) is 2.24. The molecule has 1 aromatic rings. The van der Waals surface area contributed by atoms with E-state index in [1.165, 1.54) is 17.7 Å². The van der Waals surface area contributed by atoms with Gasteiger partial charge in [0.15, 0.2) is 0 Å². The Morgan fingerprint density at radius 1 is 1.43 bits per heavy atom. The van der Waals surface area contributed by atoms with Crippen LogP contribution in [0.5, 0.6) is 0 Å². The lowest BCUT2D eigenvalue weighted by atomic mass is 10.1. The van der Waals surface area contributed by atoms with Crippen LogP contribution in [-0.4, -0.2) is 6.54 Å². The molecule has 0 aliphatic heterocycles. The summed E-state index contributed by atoms with van der Waals surface area (Å²) in [5, 5.41) is 5.79. The van der Waals surface area contributed by atoms with Gasteiger partial charge in [-0.15, -0.1) is 11.3 Å². The molecule has 1 heterocycles. The lowest BCUT2D eigenvalue weighted by molar-refractivity contribution is 0.454. The highest BCUT2D eigenvalue weighted by molar-refractivity contribution is 7.10. The largest absolute Gasteiger partial charge is 0.309 e. The molecule has 14 heavy (non-hydrogen) atoms. The number of hydrogen-bond donors (Lipinski definition) is 1. The van der Waals surface area contributed by atoms with Crippen LogP contribution < -0.4 is 5.32 Å². The molecule has 1 N–H and O–H groups in total. The molecule has 0 spiro atoms. The topological polar surface area (TPSA) is 12.0 Å². The Morgan fingerprint density at radius 2 is 2.21 bits per heavy atom. The predicted molar refractivity (Wildman–Crippen MR) is 64.8 cm³/mol. The maximum atomic E-state index is 3.63. The normalized spacial score (nSPS) is 13.4. The van der Waals surface area contributed by atoms with Crippen LogP contribution >= 0.6 is 11.3 Å². The molecule has 0 aromatic carbocycles. The average molecular weight is 211 g/mol. The van der Waals surface area contributed by atoms with Crippen molar-refractivity contribution in [2.45, 2.75) is 39.7 Å². The van der Waals surface area contributed by atoms with Gasteiger partial charge in [0.2, 0.25) is 0 Å². The summed E-state index contributed by atoms with van der Waals surface area (Å²) in [6.45, 7) is 7.87. The number of rotatable bonds is 6. The van der Waals surface area contributed by atoms with Gasteiger partial charge in [-0.1, -0.05) is 33.3 Å². The molecule has 1 nitrogen and oxygen atoms in total. The first-order valence-corrected chi connectivity index (χ1v) is 6.38. The van der Waals surface area contributed by atoms with Gasteiger partial charge in [-0.2, -0.15) is 0 Å². The Labute approximate surface area is 91.5 Å². The number of thiophene rings is 1. The summed E-state index contributed by atoms with van der Waals surface area (Å²) in [5.74, 6) is 0.731. The summed E-state index contributed by atoms with van der Waals surface area (Å²) in [4.78, 5) is 1.48. The molecule has 1 unspecified atom stereocenters. The van der Waals surface area contributed by atoms with Crippen LogP contribution in [0.15, 0.2) is 17.5 Å². The Balaban J connectivity index is 2.47. The molecule has 0 fully saturated rings. The van der Waals surface area contributed by atoms with Crippen molar-refractivity contribution in [2.24, 2.45) is 5.92 Å². The fourth-order valence-corrected chi connectivity index (χ4v) is 2.34. The highest BCUT2D eigenvalue weighted by atomic mass is 32.1. The summed E-state index contributed by atoms with van der Waals surface area (Å²) >= 11 is 1.86. The van der Waals surface area contributed by atoms with E-state index in [0.29, 0.717) is 6.04 Å². The SMILES string of the molecule is CCCC(NCC(C)C)c1cccs1. The van der Waals surface area contributed by atoms with Gasteiger partial charge in [0.25, 0.3) is 0 Å². The van der Waals surface area contributed by atoms with Crippen molar-refractivity contribution in [3.63, 3.8) is 0 Å². The highest BCUT2D eigenvalue weighted by Crippen LogP contribution is 2.23. The van der Waals surface area contributed by atoms with E-state index in [9.17, 15) is 0 Å².